The van der Waals surface area contributed by atoms with Gasteiger partial charge in [-0.25, -0.2) is 4.98 Å². The third-order valence-electron chi connectivity index (χ3n) is 6.14. The number of hydrogen-bond acceptors (Lipinski definition) is 6. The van der Waals surface area contributed by atoms with Gasteiger partial charge in [0.15, 0.2) is 0 Å². The number of aliphatic hydroxyl groups excluding tert-OH is 1. The van der Waals surface area contributed by atoms with Gasteiger partial charge >= 0.3 is 0 Å². The van der Waals surface area contributed by atoms with Crippen LogP contribution in [0.1, 0.15) is 35.3 Å². The van der Waals surface area contributed by atoms with E-state index in [2.05, 4.69) is 4.98 Å². The summed E-state index contributed by atoms with van der Waals surface area (Å²) in [5.74, 6) is -0.0902. The number of amides is 2. The maximum atomic E-state index is 13.5. The molecule has 0 spiro atoms. The summed E-state index contributed by atoms with van der Waals surface area (Å²) < 4.78 is 6.27. The lowest BCUT2D eigenvalue weighted by atomic mass is 9.99. The number of likely N-dealkylation sites (N-methyl/N-ethyl adjacent to an activating group) is 2. The molecule has 0 saturated carbocycles. The molecule has 2 heterocycles. The first-order valence-electron chi connectivity index (χ1n) is 11.9. The topological polar surface area (TPSA) is 86.2 Å². The summed E-state index contributed by atoms with van der Waals surface area (Å²) in [4.78, 5) is 35.7. The Balaban J connectivity index is 1.93. The Hall–Kier alpha value is -3.23. The minimum atomic E-state index is -0.371. The molecule has 0 aliphatic carbocycles. The summed E-state index contributed by atoms with van der Waals surface area (Å²) in [6, 6.07) is 11.3. The summed E-state index contributed by atoms with van der Waals surface area (Å²) >= 11 is 0. The standard InChI is InChI=1S/C27H36N4O4/c1-19-15-31(20(2)18-32)27(34)23-13-22(12-11-21-9-7-6-8-10-21)14-28-26(23)35-24(19)16-30(5)25(33)17-29(3)4/h6-14,19-20,24,32H,15-18H2,1-5H3/b12-11+/t19-,20-,24+/m0/s1. The fourth-order valence-electron chi connectivity index (χ4n) is 3.95. The number of pyridine rings is 1. The van der Waals surface area contributed by atoms with Crippen LogP contribution >= 0.6 is 0 Å². The molecule has 1 aromatic carbocycles. The Kier molecular flexibility index (Phi) is 9.01. The van der Waals surface area contributed by atoms with E-state index in [1.54, 1.807) is 29.1 Å². The number of aliphatic hydroxyl groups is 1. The highest BCUT2D eigenvalue weighted by Crippen LogP contribution is 2.28. The number of aromatic nitrogens is 1. The van der Waals surface area contributed by atoms with Crippen molar-refractivity contribution < 1.29 is 19.4 Å². The Labute approximate surface area is 207 Å². The molecule has 2 aromatic rings. The van der Waals surface area contributed by atoms with Crippen LogP contribution in [-0.2, 0) is 4.79 Å². The molecule has 1 aliphatic heterocycles. The maximum absolute atomic E-state index is 13.5. The molecular formula is C27H36N4O4. The maximum Gasteiger partial charge on any atom is 0.259 e. The van der Waals surface area contributed by atoms with Crippen molar-refractivity contribution in [2.24, 2.45) is 5.92 Å². The molecule has 0 radical (unpaired) electrons. The third kappa shape index (κ3) is 6.90. The fraction of sp³-hybridized carbons (Fsp3) is 0.444. The molecule has 3 atom stereocenters. The fourth-order valence-corrected chi connectivity index (χ4v) is 3.95. The monoisotopic (exact) mass is 480 g/mol. The second-order valence-electron chi connectivity index (χ2n) is 9.50. The zero-order valence-electron chi connectivity index (χ0n) is 21.2. The van der Waals surface area contributed by atoms with Crippen LogP contribution in [0.3, 0.4) is 0 Å². The quantitative estimate of drug-likeness (QED) is 0.625. The number of benzene rings is 1. The number of hydrogen-bond donors (Lipinski definition) is 1. The van der Waals surface area contributed by atoms with Gasteiger partial charge in [0, 0.05) is 25.7 Å². The first-order chi connectivity index (χ1) is 16.7. The number of carbonyl (C=O) groups is 2. The first kappa shape index (κ1) is 26.4. The predicted molar refractivity (Wildman–Crippen MR) is 137 cm³/mol. The van der Waals surface area contributed by atoms with Gasteiger partial charge in [-0.05, 0) is 38.2 Å². The van der Waals surface area contributed by atoms with E-state index in [1.807, 2.05) is 75.3 Å². The van der Waals surface area contributed by atoms with E-state index < -0.39 is 0 Å². The summed E-state index contributed by atoms with van der Waals surface area (Å²) in [5.41, 5.74) is 2.15. The summed E-state index contributed by atoms with van der Waals surface area (Å²) in [6.07, 6.45) is 5.17. The van der Waals surface area contributed by atoms with Crippen molar-refractivity contribution >= 4 is 24.0 Å². The van der Waals surface area contributed by atoms with Gasteiger partial charge in [0.2, 0.25) is 11.8 Å². The Morgan fingerprint density at radius 1 is 1.23 bits per heavy atom. The van der Waals surface area contributed by atoms with E-state index in [0.29, 0.717) is 25.2 Å². The van der Waals surface area contributed by atoms with Crippen LogP contribution in [0.2, 0.25) is 0 Å². The van der Waals surface area contributed by atoms with Gasteiger partial charge in [0.1, 0.15) is 11.7 Å². The minimum absolute atomic E-state index is 0.0147. The number of ether oxygens (including phenoxy) is 1. The lowest BCUT2D eigenvalue weighted by molar-refractivity contribution is -0.132. The van der Waals surface area contributed by atoms with Crippen LogP contribution in [0, 0.1) is 5.92 Å². The molecule has 35 heavy (non-hydrogen) atoms. The lowest BCUT2D eigenvalue weighted by Gasteiger charge is -2.37. The molecule has 3 rings (SSSR count). The van der Waals surface area contributed by atoms with E-state index >= 15 is 0 Å². The molecule has 1 aliphatic rings. The normalized spacial score (nSPS) is 19.2. The average Bonchev–Trinajstić information content (AvgIpc) is 2.84. The van der Waals surface area contributed by atoms with Crippen molar-refractivity contribution in [2.75, 3.05) is 47.4 Å². The van der Waals surface area contributed by atoms with E-state index in [0.717, 1.165) is 11.1 Å². The molecule has 0 saturated heterocycles. The summed E-state index contributed by atoms with van der Waals surface area (Å²) in [6.45, 7) is 4.71. The van der Waals surface area contributed by atoms with Crippen LogP contribution in [0.15, 0.2) is 42.6 Å². The van der Waals surface area contributed by atoms with Crippen LogP contribution in [0.5, 0.6) is 5.88 Å². The minimum Gasteiger partial charge on any atom is -0.472 e. The second-order valence-corrected chi connectivity index (χ2v) is 9.50. The molecule has 2 amide bonds. The Bertz CT molecular complexity index is 1040. The SMILES string of the molecule is C[C@H]1CN([C@@H](C)CO)C(=O)c2cc(/C=C/c3ccccc3)cnc2O[C@@H]1CN(C)C(=O)CN(C)C. The van der Waals surface area contributed by atoms with Crippen molar-refractivity contribution in [2.45, 2.75) is 26.0 Å². The Morgan fingerprint density at radius 3 is 2.57 bits per heavy atom. The van der Waals surface area contributed by atoms with E-state index in [4.69, 9.17) is 4.74 Å². The third-order valence-corrected chi connectivity index (χ3v) is 6.14. The molecule has 1 aromatic heterocycles. The smallest absolute Gasteiger partial charge is 0.259 e. The molecule has 188 valence electrons. The van der Waals surface area contributed by atoms with Gasteiger partial charge in [0.25, 0.3) is 5.91 Å². The van der Waals surface area contributed by atoms with Crippen molar-refractivity contribution in [3.05, 3.63) is 59.3 Å². The van der Waals surface area contributed by atoms with Gasteiger partial charge < -0.3 is 24.5 Å². The van der Waals surface area contributed by atoms with E-state index in [1.165, 1.54) is 0 Å². The number of carbonyl (C=O) groups excluding carboxylic acids is 2. The number of rotatable bonds is 8. The van der Waals surface area contributed by atoms with Gasteiger partial charge in [0.05, 0.1) is 25.7 Å². The van der Waals surface area contributed by atoms with Gasteiger partial charge in [-0.2, -0.15) is 0 Å². The van der Waals surface area contributed by atoms with Gasteiger partial charge in [-0.1, -0.05) is 49.4 Å². The van der Waals surface area contributed by atoms with Gasteiger partial charge in [-0.15, -0.1) is 0 Å². The number of fused-ring (bicyclic) bond motifs is 1. The molecular weight excluding hydrogens is 444 g/mol. The van der Waals surface area contributed by atoms with Crippen LogP contribution in [-0.4, -0.2) is 96.1 Å². The van der Waals surface area contributed by atoms with Crippen LogP contribution in [0.4, 0.5) is 0 Å². The molecule has 1 N–H and O–H groups in total. The first-order valence-corrected chi connectivity index (χ1v) is 11.9. The lowest BCUT2D eigenvalue weighted by Crippen LogP contribution is -2.51. The summed E-state index contributed by atoms with van der Waals surface area (Å²) in [5, 5.41) is 9.82. The highest BCUT2D eigenvalue weighted by molar-refractivity contribution is 5.97. The van der Waals surface area contributed by atoms with Crippen molar-refractivity contribution in [1.29, 1.82) is 0 Å². The highest BCUT2D eigenvalue weighted by atomic mass is 16.5. The molecule has 0 fully saturated rings. The molecule has 8 nitrogen and oxygen atoms in total. The van der Waals surface area contributed by atoms with E-state index in [-0.39, 0.29) is 42.4 Å². The Morgan fingerprint density at radius 2 is 1.91 bits per heavy atom. The van der Waals surface area contributed by atoms with Crippen LogP contribution < -0.4 is 4.74 Å². The summed E-state index contributed by atoms with van der Waals surface area (Å²) in [7, 11) is 5.46. The zero-order chi connectivity index (χ0) is 25.5. The van der Waals surface area contributed by atoms with E-state index in [9.17, 15) is 14.7 Å². The van der Waals surface area contributed by atoms with Crippen molar-refractivity contribution in [3.63, 3.8) is 0 Å². The predicted octanol–water partition coefficient (Wildman–Crippen LogP) is 2.49. The average molecular weight is 481 g/mol. The molecule has 0 unspecified atom stereocenters. The van der Waals surface area contributed by atoms with Gasteiger partial charge in [-0.3, -0.25) is 9.59 Å². The number of nitrogens with zero attached hydrogens (tertiary/aromatic N) is 4. The van der Waals surface area contributed by atoms with Crippen LogP contribution in [0.25, 0.3) is 12.2 Å². The zero-order valence-corrected chi connectivity index (χ0v) is 21.2. The second kappa shape index (κ2) is 12.0. The molecule has 0 bridgehead atoms. The highest BCUT2D eigenvalue weighted by Gasteiger charge is 2.34. The largest absolute Gasteiger partial charge is 0.472 e. The molecule has 8 heteroatoms. The van der Waals surface area contributed by atoms with Crippen molar-refractivity contribution in [1.82, 2.24) is 19.7 Å². The van der Waals surface area contributed by atoms with Crippen molar-refractivity contribution in [3.8, 4) is 5.88 Å².